The van der Waals surface area contributed by atoms with Crippen LogP contribution in [-0.2, 0) is 13.1 Å². The Morgan fingerprint density at radius 2 is 1.73 bits per heavy atom. The monoisotopic (exact) mass is 406 g/mol. The summed E-state index contributed by atoms with van der Waals surface area (Å²) in [5.74, 6) is 0.143. The molecule has 0 bridgehead atoms. The van der Waals surface area contributed by atoms with E-state index >= 15 is 0 Å². The number of piperidine rings is 1. The van der Waals surface area contributed by atoms with E-state index in [0.717, 1.165) is 43.5 Å². The van der Waals surface area contributed by atoms with E-state index in [4.69, 9.17) is 0 Å². The zero-order valence-corrected chi connectivity index (χ0v) is 16.9. The summed E-state index contributed by atoms with van der Waals surface area (Å²) in [6.45, 7) is 3.19. The molecule has 1 saturated carbocycles. The van der Waals surface area contributed by atoms with Crippen LogP contribution in [-0.4, -0.2) is 46.2 Å². The van der Waals surface area contributed by atoms with Crippen molar-refractivity contribution < 1.29 is 9.59 Å². The van der Waals surface area contributed by atoms with Crippen LogP contribution in [0.25, 0.3) is 0 Å². The summed E-state index contributed by atoms with van der Waals surface area (Å²) in [5, 5.41) is 17.4. The Balaban J connectivity index is 1.17. The zero-order chi connectivity index (χ0) is 20.6. The first-order chi connectivity index (χ1) is 14.6. The SMILES string of the molecule is O=C(NC1CCC12CCNCC2)c1ccc(NC(=O)N2Cc3ccccc3C2)nn1. The number of amides is 3. The Morgan fingerprint density at radius 1 is 1.00 bits per heavy atom. The van der Waals surface area contributed by atoms with Gasteiger partial charge in [0.2, 0.25) is 0 Å². The fraction of sp³-hybridized carbons (Fsp3) is 0.455. The van der Waals surface area contributed by atoms with Crippen molar-refractivity contribution in [2.24, 2.45) is 5.41 Å². The number of hydrogen-bond donors (Lipinski definition) is 3. The lowest BCUT2D eigenvalue weighted by Gasteiger charge is -2.52. The second-order valence-corrected chi connectivity index (χ2v) is 8.54. The number of aromatic nitrogens is 2. The van der Waals surface area contributed by atoms with Gasteiger partial charge in [-0.3, -0.25) is 10.1 Å². The number of carbonyl (C=O) groups excluding carboxylic acids is 2. The van der Waals surface area contributed by atoms with Crippen LogP contribution in [0.2, 0.25) is 0 Å². The lowest BCUT2D eigenvalue weighted by molar-refractivity contribution is 0.0281. The number of nitrogens with zero attached hydrogens (tertiary/aromatic N) is 3. The van der Waals surface area contributed by atoms with Gasteiger partial charge in [0.05, 0.1) is 0 Å². The number of urea groups is 1. The Morgan fingerprint density at radius 3 is 2.33 bits per heavy atom. The van der Waals surface area contributed by atoms with E-state index in [9.17, 15) is 9.59 Å². The van der Waals surface area contributed by atoms with Gasteiger partial charge in [-0.05, 0) is 67.4 Å². The second-order valence-electron chi connectivity index (χ2n) is 8.54. The van der Waals surface area contributed by atoms with Crippen molar-refractivity contribution >= 4 is 17.8 Å². The molecule has 8 heteroatoms. The van der Waals surface area contributed by atoms with E-state index in [1.54, 1.807) is 17.0 Å². The minimum Gasteiger partial charge on any atom is -0.347 e. The molecule has 2 aromatic rings. The minimum atomic E-state index is -0.222. The van der Waals surface area contributed by atoms with E-state index in [-0.39, 0.29) is 29.1 Å². The van der Waals surface area contributed by atoms with Gasteiger partial charge in [0.25, 0.3) is 5.91 Å². The van der Waals surface area contributed by atoms with Crippen molar-refractivity contribution in [3.63, 3.8) is 0 Å². The number of anilines is 1. The lowest BCUT2D eigenvalue weighted by Crippen LogP contribution is -2.58. The zero-order valence-electron chi connectivity index (χ0n) is 16.9. The van der Waals surface area contributed by atoms with Crippen molar-refractivity contribution in [2.45, 2.75) is 44.8 Å². The summed E-state index contributed by atoms with van der Waals surface area (Å²) in [7, 11) is 0. The van der Waals surface area contributed by atoms with Gasteiger partial charge in [-0.2, -0.15) is 0 Å². The summed E-state index contributed by atoms with van der Waals surface area (Å²) < 4.78 is 0. The fourth-order valence-corrected chi connectivity index (χ4v) is 4.86. The van der Waals surface area contributed by atoms with Gasteiger partial charge in [-0.25, -0.2) is 4.79 Å². The third kappa shape index (κ3) is 3.52. The molecular formula is C22H26N6O2. The van der Waals surface area contributed by atoms with E-state index < -0.39 is 0 Å². The Kier molecular flexibility index (Phi) is 4.86. The van der Waals surface area contributed by atoms with Crippen LogP contribution in [0.4, 0.5) is 10.6 Å². The topological polar surface area (TPSA) is 99.2 Å². The Labute approximate surface area is 175 Å². The number of rotatable bonds is 3. The summed E-state index contributed by atoms with van der Waals surface area (Å²) in [5.41, 5.74) is 2.84. The smallest absolute Gasteiger partial charge is 0.323 e. The van der Waals surface area contributed by atoms with Crippen LogP contribution in [0.5, 0.6) is 0 Å². The van der Waals surface area contributed by atoms with Crippen LogP contribution < -0.4 is 16.0 Å². The highest BCUT2D eigenvalue weighted by molar-refractivity contribution is 5.93. The largest absolute Gasteiger partial charge is 0.347 e. The number of benzene rings is 1. The predicted molar refractivity (Wildman–Crippen MR) is 112 cm³/mol. The van der Waals surface area contributed by atoms with Crippen LogP contribution >= 0.6 is 0 Å². The molecule has 5 rings (SSSR count). The lowest BCUT2D eigenvalue weighted by atomic mass is 9.59. The van der Waals surface area contributed by atoms with Gasteiger partial charge in [-0.15, -0.1) is 10.2 Å². The Bertz CT molecular complexity index is 929. The molecule has 1 unspecified atom stereocenters. The quantitative estimate of drug-likeness (QED) is 0.726. The third-order valence-electron chi connectivity index (χ3n) is 6.83. The normalized spacial score (nSPS) is 21.6. The highest BCUT2D eigenvalue weighted by atomic mass is 16.2. The molecule has 8 nitrogen and oxygen atoms in total. The summed E-state index contributed by atoms with van der Waals surface area (Å²) >= 11 is 0. The van der Waals surface area contributed by atoms with Gasteiger partial charge < -0.3 is 15.5 Å². The molecule has 2 fully saturated rings. The van der Waals surface area contributed by atoms with Crippen LogP contribution in [0.15, 0.2) is 36.4 Å². The summed E-state index contributed by atoms with van der Waals surface area (Å²) in [4.78, 5) is 26.9. The van der Waals surface area contributed by atoms with E-state index in [2.05, 4.69) is 26.1 Å². The molecule has 1 aromatic carbocycles. The first kappa shape index (κ1) is 19.0. The van der Waals surface area contributed by atoms with E-state index in [1.165, 1.54) is 6.42 Å². The number of carbonyl (C=O) groups is 2. The first-order valence-corrected chi connectivity index (χ1v) is 10.6. The molecular weight excluding hydrogens is 380 g/mol. The molecule has 0 radical (unpaired) electrons. The van der Waals surface area contributed by atoms with Crippen molar-refractivity contribution in [3.05, 3.63) is 53.2 Å². The van der Waals surface area contributed by atoms with Gasteiger partial charge in [0.15, 0.2) is 11.5 Å². The van der Waals surface area contributed by atoms with Crippen molar-refractivity contribution in [3.8, 4) is 0 Å². The molecule has 1 aliphatic carbocycles. The maximum atomic E-state index is 12.6. The molecule has 3 amide bonds. The first-order valence-electron chi connectivity index (χ1n) is 10.6. The molecule has 1 aromatic heterocycles. The van der Waals surface area contributed by atoms with Crippen molar-refractivity contribution in [2.75, 3.05) is 18.4 Å². The number of fused-ring (bicyclic) bond motifs is 1. The van der Waals surface area contributed by atoms with Crippen molar-refractivity contribution in [1.29, 1.82) is 0 Å². The van der Waals surface area contributed by atoms with E-state index in [1.807, 2.05) is 24.3 Å². The maximum absolute atomic E-state index is 12.6. The Hall–Kier alpha value is -3.00. The summed E-state index contributed by atoms with van der Waals surface area (Å²) in [6.07, 6.45) is 4.41. The third-order valence-corrected chi connectivity index (χ3v) is 6.83. The van der Waals surface area contributed by atoms with Gasteiger partial charge in [0.1, 0.15) is 0 Å². The molecule has 1 saturated heterocycles. The molecule has 3 aliphatic rings. The highest BCUT2D eigenvalue weighted by Gasteiger charge is 2.47. The van der Waals surface area contributed by atoms with Crippen LogP contribution in [0, 0.1) is 5.41 Å². The molecule has 1 spiro atoms. The molecule has 3 heterocycles. The van der Waals surface area contributed by atoms with Gasteiger partial charge >= 0.3 is 6.03 Å². The van der Waals surface area contributed by atoms with Crippen LogP contribution in [0.1, 0.15) is 47.3 Å². The standard InChI is InChI=1S/C22H26N6O2/c29-20(24-18-7-8-22(18)9-11-23-12-10-22)17-5-6-19(27-26-17)25-21(30)28-13-15-3-1-2-4-16(15)14-28/h1-6,18,23H,7-14H2,(H,24,29)(H,25,27,30). The second kappa shape index (κ2) is 7.68. The van der Waals surface area contributed by atoms with Gasteiger partial charge in [0, 0.05) is 19.1 Å². The maximum Gasteiger partial charge on any atom is 0.323 e. The molecule has 3 N–H and O–H groups in total. The fourth-order valence-electron chi connectivity index (χ4n) is 4.86. The molecule has 156 valence electrons. The minimum absolute atomic E-state index is 0.196. The van der Waals surface area contributed by atoms with E-state index in [0.29, 0.717) is 18.9 Å². The predicted octanol–water partition coefficient (Wildman–Crippen LogP) is 2.29. The average Bonchev–Trinajstić information content (AvgIpc) is 3.22. The summed E-state index contributed by atoms with van der Waals surface area (Å²) in [6, 6.07) is 11.3. The molecule has 2 aliphatic heterocycles. The van der Waals surface area contributed by atoms with Crippen molar-refractivity contribution in [1.82, 2.24) is 25.7 Å². The average molecular weight is 406 g/mol. The number of nitrogens with one attached hydrogen (secondary N) is 3. The van der Waals surface area contributed by atoms with Crippen LogP contribution in [0.3, 0.4) is 0 Å². The highest BCUT2D eigenvalue weighted by Crippen LogP contribution is 2.47. The molecule has 1 atom stereocenters. The molecule has 30 heavy (non-hydrogen) atoms. The number of hydrogen-bond acceptors (Lipinski definition) is 5. The van der Waals surface area contributed by atoms with Gasteiger partial charge in [-0.1, -0.05) is 24.3 Å².